The highest BCUT2D eigenvalue weighted by atomic mass is 35.5. The maximum Gasteiger partial charge on any atom is 0.218 e. The smallest absolute Gasteiger partial charge is 0.218 e. The maximum absolute atomic E-state index is 8.10. The van der Waals surface area contributed by atoms with Gasteiger partial charge in [-0.15, -0.1) is 0 Å². The molecule has 8 N–H and O–H groups in total. The summed E-state index contributed by atoms with van der Waals surface area (Å²) in [7, 11) is 0. The Morgan fingerprint density at radius 3 is 1.97 bits per heavy atom. The lowest BCUT2D eigenvalue weighted by atomic mass is 10.1. The maximum atomic E-state index is 8.10. The van der Waals surface area contributed by atoms with Gasteiger partial charge in [0.05, 0.1) is 5.84 Å². The van der Waals surface area contributed by atoms with Gasteiger partial charge in [0.1, 0.15) is 0 Å². The van der Waals surface area contributed by atoms with Crippen LogP contribution < -0.4 is 22.5 Å². The molecule has 0 bridgehead atoms. The van der Waals surface area contributed by atoms with E-state index in [4.69, 9.17) is 45.8 Å². The standard InChI is InChI=1S/C24H32Cl2N8/c25-18-7-5-17(6-8-18)15-20(27)16-22(28)31-13-3-1-2-4-14-32-23(29)34-24(30)33-21-11-9-19(26)10-12-21/h5-12,27H,1-4,13-16H2,(H2,28,31)(H5,29,30,32,33,34). The van der Waals surface area contributed by atoms with Gasteiger partial charge in [0.2, 0.25) is 11.9 Å². The number of unbranched alkanes of at least 4 members (excludes halogenated alkanes) is 3. The zero-order chi connectivity index (χ0) is 24.8. The Labute approximate surface area is 210 Å². The SMILES string of the molecule is N=C(CC(N)=NCCCCCCN=C(N)N=C(N)Nc1ccc(Cl)cc1)Cc1ccc(Cl)cc1. The fourth-order valence-corrected chi connectivity index (χ4v) is 3.30. The molecule has 0 saturated heterocycles. The van der Waals surface area contributed by atoms with E-state index in [2.05, 4.69) is 20.3 Å². The third-order valence-electron chi connectivity index (χ3n) is 4.73. The molecular formula is C24H32Cl2N8. The number of hydrogen-bond donors (Lipinski definition) is 5. The molecule has 0 spiro atoms. The molecule has 10 heteroatoms. The van der Waals surface area contributed by atoms with Crippen LogP contribution in [0.1, 0.15) is 37.7 Å². The number of guanidine groups is 2. The van der Waals surface area contributed by atoms with Crippen molar-refractivity contribution in [1.29, 1.82) is 5.41 Å². The van der Waals surface area contributed by atoms with Gasteiger partial charge < -0.3 is 27.9 Å². The van der Waals surface area contributed by atoms with E-state index in [1.165, 1.54) is 0 Å². The van der Waals surface area contributed by atoms with E-state index < -0.39 is 0 Å². The van der Waals surface area contributed by atoms with E-state index in [1.54, 1.807) is 24.3 Å². The number of nitrogens with zero attached hydrogens (tertiary/aromatic N) is 3. The molecule has 0 amide bonds. The molecule has 0 heterocycles. The summed E-state index contributed by atoms with van der Waals surface area (Å²) in [6.45, 7) is 1.24. The van der Waals surface area contributed by atoms with Crippen molar-refractivity contribution in [2.24, 2.45) is 32.2 Å². The zero-order valence-electron chi connectivity index (χ0n) is 19.1. The van der Waals surface area contributed by atoms with E-state index in [9.17, 15) is 0 Å². The second kappa shape index (κ2) is 14.9. The summed E-state index contributed by atoms with van der Waals surface area (Å²) >= 11 is 11.7. The Hall–Kier alpha value is -3.10. The fourth-order valence-electron chi connectivity index (χ4n) is 3.05. The van der Waals surface area contributed by atoms with Crippen molar-refractivity contribution in [2.45, 2.75) is 38.5 Å². The van der Waals surface area contributed by atoms with Gasteiger partial charge in [0.25, 0.3) is 0 Å². The summed E-state index contributed by atoms with van der Waals surface area (Å²) in [6.07, 6.45) is 4.77. The first-order valence-corrected chi connectivity index (χ1v) is 11.8. The van der Waals surface area contributed by atoms with Crippen LogP contribution in [0.4, 0.5) is 5.69 Å². The minimum absolute atomic E-state index is 0.136. The molecule has 0 aliphatic carbocycles. The number of anilines is 1. The van der Waals surface area contributed by atoms with Crippen LogP contribution in [0.25, 0.3) is 0 Å². The highest BCUT2D eigenvalue weighted by Crippen LogP contribution is 2.13. The van der Waals surface area contributed by atoms with Gasteiger partial charge in [0.15, 0.2) is 0 Å². The van der Waals surface area contributed by atoms with Crippen LogP contribution in [-0.4, -0.2) is 36.6 Å². The van der Waals surface area contributed by atoms with Crippen molar-refractivity contribution in [3.05, 3.63) is 64.1 Å². The quantitative estimate of drug-likeness (QED) is 0.163. The van der Waals surface area contributed by atoms with Crippen LogP contribution in [0.5, 0.6) is 0 Å². The van der Waals surface area contributed by atoms with E-state index in [0.29, 0.717) is 47.5 Å². The van der Waals surface area contributed by atoms with E-state index in [-0.39, 0.29) is 11.9 Å². The van der Waals surface area contributed by atoms with Crippen LogP contribution in [0.15, 0.2) is 63.5 Å². The normalized spacial score (nSPS) is 12.6. The molecule has 0 saturated carbocycles. The molecule has 0 aliphatic rings. The first-order valence-electron chi connectivity index (χ1n) is 11.1. The van der Waals surface area contributed by atoms with Gasteiger partial charge in [-0.2, -0.15) is 4.99 Å². The second-order valence-corrected chi connectivity index (χ2v) is 8.61. The van der Waals surface area contributed by atoms with Crippen LogP contribution >= 0.6 is 23.2 Å². The lowest BCUT2D eigenvalue weighted by Gasteiger charge is -2.05. The first-order chi connectivity index (χ1) is 16.3. The third kappa shape index (κ3) is 11.7. The lowest BCUT2D eigenvalue weighted by molar-refractivity contribution is 0.653. The first kappa shape index (κ1) is 27.1. The van der Waals surface area contributed by atoms with Crippen molar-refractivity contribution in [2.75, 3.05) is 18.4 Å². The molecule has 182 valence electrons. The molecule has 8 nitrogen and oxygen atoms in total. The van der Waals surface area contributed by atoms with Crippen molar-refractivity contribution in [1.82, 2.24) is 0 Å². The second-order valence-electron chi connectivity index (χ2n) is 7.74. The monoisotopic (exact) mass is 502 g/mol. The molecule has 2 aromatic rings. The number of aliphatic imine (C=N–C) groups is 3. The fraction of sp³-hybridized carbons (Fsp3) is 0.333. The van der Waals surface area contributed by atoms with Gasteiger partial charge in [-0.05, 0) is 54.8 Å². The number of amidine groups is 1. The summed E-state index contributed by atoms with van der Waals surface area (Å²) in [5.41, 5.74) is 19.9. The molecule has 0 radical (unpaired) electrons. The molecule has 0 atom stereocenters. The highest BCUT2D eigenvalue weighted by molar-refractivity contribution is 6.30. The van der Waals surface area contributed by atoms with Crippen LogP contribution in [0, 0.1) is 5.41 Å². The molecule has 0 fully saturated rings. The minimum Gasteiger partial charge on any atom is -0.387 e. The van der Waals surface area contributed by atoms with E-state index in [1.807, 2.05) is 24.3 Å². The summed E-state index contributed by atoms with van der Waals surface area (Å²) in [5.74, 6) is 0.802. The van der Waals surface area contributed by atoms with Gasteiger partial charge in [-0.25, -0.2) is 0 Å². The van der Waals surface area contributed by atoms with Crippen molar-refractivity contribution < 1.29 is 0 Å². The number of benzene rings is 2. The predicted molar refractivity (Wildman–Crippen MR) is 146 cm³/mol. The number of nitrogens with one attached hydrogen (secondary N) is 2. The van der Waals surface area contributed by atoms with Gasteiger partial charge in [-0.3, -0.25) is 9.98 Å². The average Bonchev–Trinajstić information content (AvgIpc) is 2.78. The number of rotatable bonds is 12. The van der Waals surface area contributed by atoms with Crippen molar-refractivity contribution in [3.8, 4) is 0 Å². The van der Waals surface area contributed by atoms with Crippen LogP contribution in [0.3, 0.4) is 0 Å². The Kier molecular flexibility index (Phi) is 11.9. The number of halogens is 2. The molecule has 2 rings (SSSR count). The summed E-state index contributed by atoms with van der Waals surface area (Å²) in [6, 6.07) is 14.6. The Balaban J connectivity index is 1.57. The lowest BCUT2D eigenvalue weighted by Crippen LogP contribution is -2.26. The van der Waals surface area contributed by atoms with E-state index in [0.717, 1.165) is 36.9 Å². The molecule has 0 aliphatic heterocycles. The van der Waals surface area contributed by atoms with Crippen LogP contribution in [0.2, 0.25) is 10.0 Å². The third-order valence-corrected chi connectivity index (χ3v) is 5.24. The largest absolute Gasteiger partial charge is 0.387 e. The Morgan fingerprint density at radius 1 is 0.794 bits per heavy atom. The van der Waals surface area contributed by atoms with Gasteiger partial charge in [-0.1, -0.05) is 48.2 Å². The van der Waals surface area contributed by atoms with E-state index >= 15 is 0 Å². The summed E-state index contributed by atoms with van der Waals surface area (Å²) in [5, 5.41) is 12.4. The number of hydrogen-bond acceptors (Lipinski definition) is 3. The number of nitrogens with two attached hydrogens (primary N) is 3. The molecule has 0 aromatic heterocycles. The van der Waals surface area contributed by atoms with Crippen LogP contribution in [-0.2, 0) is 6.42 Å². The van der Waals surface area contributed by atoms with Crippen molar-refractivity contribution >= 4 is 52.4 Å². The van der Waals surface area contributed by atoms with Crippen molar-refractivity contribution in [3.63, 3.8) is 0 Å². The Bertz CT molecular complexity index is 999. The highest BCUT2D eigenvalue weighted by Gasteiger charge is 2.03. The molecule has 2 aromatic carbocycles. The topological polar surface area (TPSA) is 151 Å². The average molecular weight is 503 g/mol. The molecule has 34 heavy (non-hydrogen) atoms. The Morgan fingerprint density at radius 2 is 1.35 bits per heavy atom. The molecular weight excluding hydrogens is 471 g/mol. The minimum atomic E-state index is 0.136. The van der Waals surface area contributed by atoms with Gasteiger partial charge in [0, 0.05) is 47.4 Å². The summed E-state index contributed by atoms with van der Waals surface area (Å²) < 4.78 is 0. The molecule has 0 unspecified atom stereocenters. The predicted octanol–water partition coefficient (Wildman–Crippen LogP) is 4.60. The summed E-state index contributed by atoms with van der Waals surface area (Å²) in [4.78, 5) is 12.6. The zero-order valence-corrected chi connectivity index (χ0v) is 20.6. The van der Waals surface area contributed by atoms with Gasteiger partial charge >= 0.3 is 0 Å².